The van der Waals surface area contributed by atoms with Gasteiger partial charge in [-0.15, -0.1) is 0 Å². The van der Waals surface area contributed by atoms with Crippen LogP contribution in [0.3, 0.4) is 0 Å². The van der Waals surface area contributed by atoms with Gasteiger partial charge in [0, 0.05) is 24.7 Å². The molecule has 1 aliphatic rings. The van der Waals surface area contributed by atoms with Crippen LogP contribution in [0.4, 0.5) is 4.79 Å². The fraction of sp³-hybridized carbons (Fsp3) is 0.312. The lowest BCUT2D eigenvalue weighted by molar-refractivity contribution is -0.130. The Bertz CT molecular complexity index is 1720. The minimum absolute atomic E-state index is 0.0697. The van der Waals surface area contributed by atoms with Crippen molar-refractivity contribution in [2.75, 3.05) is 38.6 Å². The number of carbonyl (C=O) groups excluding carboxylic acids is 3. The SMILES string of the molecule is O=C(NC(CS(=O)(=O)Cc1ccccc1Cl)C(=O)N(CCCc1ccccc1)C(=O)c1nc2ccccc2o1)N1CCOCC1. The van der Waals surface area contributed by atoms with Gasteiger partial charge in [-0.1, -0.05) is 72.3 Å². The molecular weight excluding hydrogens is 620 g/mol. The molecule has 4 amide bonds. The number of para-hydroxylation sites is 2. The summed E-state index contributed by atoms with van der Waals surface area (Å²) < 4.78 is 37.9. The number of morpholine rings is 1. The highest BCUT2D eigenvalue weighted by Crippen LogP contribution is 2.20. The summed E-state index contributed by atoms with van der Waals surface area (Å²) in [6.07, 6.45) is 0.916. The number of rotatable bonds is 11. The van der Waals surface area contributed by atoms with Gasteiger partial charge in [-0.3, -0.25) is 14.5 Å². The van der Waals surface area contributed by atoms with Crippen LogP contribution in [0.1, 0.15) is 28.2 Å². The molecule has 0 aliphatic carbocycles. The third-order valence-electron chi connectivity index (χ3n) is 7.33. The van der Waals surface area contributed by atoms with E-state index in [-0.39, 0.29) is 30.5 Å². The molecule has 236 valence electrons. The number of aromatic nitrogens is 1. The second-order valence-electron chi connectivity index (χ2n) is 10.6. The molecule has 5 rings (SSSR count). The van der Waals surface area contributed by atoms with E-state index in [1.54, 1.807) is 48.5 Å². The van der Waals surface area contributed by atoms with Crippen molar-refractivity contribution in [1.29, 1.82) is 0 Å². The van der Waals surface area contributed by atoms with E-state index in [1.165, 1.54) is 4.90 Å². The summed E-state index contributed by atoms with van der Waals surface area (Å²) in [5, 5.41) is 2.85. The number of sulfone groups is 1. The van der Waals surface area contributed by atoms with E-state index in [2.05, 4.69) is 10.3 Å². The molecule has 4 aromatic rings. The van der Waals surface area contributed by atoms with Gasteiger partial charge in [-0.05, 0) is 42.2 Å². The van der Waals surface area contributed by atoms with Crippen LogP contribution in [0, 0.1) is 0 Å². The first kappa shape index (κ1) is 32.1. The van der Waals surface area contributed by atoms with Crippen LogP contribution in [0.2, 0.25) is 5.02 Å². The average molecular weight is 653 g/mol. The summed E-state index contributed by atoms with van der Waals surface area (Å²) in [4.78, 5) is 47.9. The molecule has 1 saturated heterocycles. The van der Waals surface area contributed by atoms with Gasteiger partial charge in [0.1, 0.15) is 11.6 Å². The number of nitrogens with one attached hydrogen (secondary N) is 1. The third kappa shape index (κ3) is 8.47. The number of urea groups is 1. The number of nitrogens with zero attached hydrogens (tertiary/aromatic N) is 3. The summed E-state index contributed by atoms with van der Waals surface area (Å²) in [7, 11) is -4.03. The standard InChI is InChI=1S/C32H33ClN4O7S/c33-25-13-5-4-12-24(25)21-45(41,42)22-27(35-32(40)36-17-19-43-20-18-36)30(38)37(16-8-11-23-9-2-1-3-10-23)31(39)29-34-26-14-6-7-15-28(26)44-29/h1-7,9-10,12-15,27H,8,11,16-22H2,(H,35,40). The van der Waals surface area contributed by atoms with Gasteiger partial charge in [0.05, 0.1) is 24.7 Å². The van der Waals surface area contributed by atoms with Gasteiger partial charge in [0.15, 0.2) is 15.4 Å². The molecule has 0 spiro atoms. The summed E-state index contributed by atoms with van der Waals surface area (Å²) in [5.74, 6) is -3.26. The Morgan fingerprint density at radius 1 is 0.956 bits per heavy atom. The number of hydrogen-bond donors (Lipinski definition) is 1. The first-order valence-corrected chi connectivity index (χ1v) is 16.7. The lowest BCUT2D eigenvalue weighted by Gasteiger charge is -2.30. The van der Waals surface area contributed by atoms with E-state index in [9.17, 15) is 22.8 Å². The number of benzene rings is 3. The lowest BCUT2D eigenvalue weighted by atomic mass is 10.1. The van der Waals surface area contributed by atoms with Crippen LogP contribution < -0.4 is 5.32 Å². The van der Waals surface area contributed by atoms with Crippen molar-refractivity contribution in [2.24, 2.45) is 0 Å². The number of ether oxygens (including phenoxy) is 1. The second-order valence-corrected chi connectivity index (χ2v) is 13.1. The van der Waals surface area contributed by atoms with Crippen LogP contribution in [0.25, 0.3) is 11.1 Å². The Labute approximate surface area is 266 Å². The smallest absolute Gasteiger partial charge is 0.318 e. The van der Waals surface area contributed by atoms with E-state index in [1.807, 2.05) is 30.3 Å². The molecule has 0 saturated carbocycles. The van der Waals surface area contributed by atoms with Crippen molar-refractivity contribution in [3.05, 3.63) is 101 Å². The Kier molecular flexibility index (Phi) is 10.5. The quantitative estimate of drug-likeness (QED) is 0.255. The van der Waals surface area contributed by atoms with Crippen molar-refractivity contribution in [3.63, 3.8) is 0 Å². The molecule has 45 heavy (non-hydrogen) atoms. The maximum Gasteiger partial charge on any atom is 0.318 e. The number of imide groups is 1. The molecule has 11 nitrogen and oxygen atoms in total. The van der Waals surface area contributed by atoms with Crippen LogP contribution in [-0.4, -0.2) is 85.7 Å². The van der Waals surface area contributed by atoms with Crippen molar-refractivity contribution < 1.29 is 32.0 Å². The van der Waals surface area contributed by atoms with E-state index in [0.717, 1.165) is 10.5 Å². The number of halogens is 1. The summed E-state index contributed by atoms with van der Waals surface area (Å²) in [6, 6.07) is 20.6. The summed E-state index contributed by atoms with van der Waals surface area (Å²) in [5.41, 5.74) is 2.14. The molecule has 1 N–H and O–H groups in total. The molecule has 0 bridgehead atoms. The van der Waals surface area contributed by atoms with Crippen LogP contribution in [0.15, 0.2) is 83.3 Å². The molecule has 0 radical (unpaired) electrons. The van der Waals surface area contributed by atoms with E-state index in [4.69, 9.17) is 20.8 Å². The number of fused-ring (bicyclic) bond motifs is 1. The zero-order chi connectivity index (χ0) is 31.8. The summed E-state index contributed by atoms with van der Waals surface area (Å²) in [6.45, 7) is 1.07. The largest absolute Gasteiger partial charge is 0.432 e. The fourth-order valence-electron chi connectivity index (χ4n) is 5.01. The van der Waals surface area contributed by atoms with Crippen molar-refractivity contribution in [1.82, 2.24) is 20.1 Å². The predicted octanol–water partition coefficient (Wildman–Crippen LogP) is 4.11. The van der Waals surface area contributed by atoms with Gasteiger partial charge >= 0.3 is 11.9 Å². The van der Waals surface area contributed by atoms with Gasteiger partial charge in [0.25, 0.3) is 11.8 Å². The minimum Gasteiger partial charge on any atom is -0.432 e. The monoisotopic (exact) mass is 652 g/mol. The van der Waals surface area contributed by atoms with Gasteiger partial charge < -0.3 is 19.4 Å². The Morgan fingerprint density at radius 3 is 2.38 bits per heavy atom. The number of carbonyl (C=O) groups is 3. The fourth-order valence-corrected chi connectivity index (χ4v) is 6.87. The molecule has 1 aromatic heterocycles. The Morgan fingerprint density at radius 2 is 1.64 bits per heavy atom. The van der Waals surface area contributed by atoms with Gasteiger partial charge in [-0.25, -0.2) is 18.2 Å². The van der Waals surface area contributed by atoms with Gasteiger partial charge in [-0.2, -0.15) is 0 Å². The molecular formula is C32H33ClN4O7S. The van der Waals surface area contributed by atoms with E-state index in [0.29, 0.717) is 42.7 Å². The zero-order valence-corrected chi connectivity index (χ0v) is 26.0. The topological polar surface area (TPSA) is 139 Å². The van der Waals surface area contributed by atoms with E-state index < -0.39 is 45.2 Å². The molecule has 1 unspecified atom stereocenters. The van der Waals surface area contributed by atoms with Gasteiger partial charge in [0.2, 0.25) is 0 Å². The molecule has 3 aromatic carbocycles. The Hall–Kier alpha value is -4.26. The normalized spacial score (nSPS) is 14.2. The van der Waals surface area contributed by atoms with Crippen LogP contribution >= 0.6 is 11.6 Å². The number of hydrogen-bond acceptors (Lipinski definition) is 8. The molecule has 2 heterocycles. The number of oxazole rings is 1. The highest BCUT2D eigenvalue weighted by molar-refractivity contribution is 7.90. The number of aryl methyl sites for hydroxylation is 1. The van der Waals surface area contributed by atoms with E-state index >= 15 is 0 Å². The molecule has 1 aliphatic heterocycles. The first-order chi connectivity index (χ1) is 21.7. The maximum atomic E-state index is 14.2. The Balaban J connectivity index is 1.44. The van der Waals surface area contributed by atoms with Crippen molar-refractivity contribution in [2.45, 2.75) is 24.6 Å². The summed E-state index contributed by atoms with van der Waals surface area (Å²) >= 11 is 6.23. The highest BCUT2D eigenvalue weighted by Gasteiger charge is 2.36. The predicted molar refractivity (Wildman–Crippen MR) is 168 cm³/mol. The first-order valence-electron chi connectivity index (χ1n) is 14.5. The van der Waals surface area contributed by atoms with Crippen molar-refractivity contribution in [3.8, 4) is 0 Å². The lowest BCUT2D eigenvalue weighted by Crippen LogP contribution is -2.57. The number of amides is 4. The van der Waals surface area contributed by atoms with Crippen LogP contribution in [0.5, 0.6) is 0 Å². The zero-order valence-electron chi connectivity index (χ0n) is 24.4. The third-order valence-corrected chi connectivity index (χ3v) is 9.29. The van der Waals surface area contributed by atoms with Crippen molar-refractivity contribution >= 4 is 50.4 Å². The molecule has 1 atom stereocenters. The average Bonchev–Trinajstić information content (AvgIpc) is 3.49. The van der Waals surface area contributed by atoms with Crippen LogP contribution in [-0.2, 0) is 31.5 Å². The second kappa shape index (κ2) is 14.7. The minimum atomic E-state index is -4.03. The molecule has 1 fully saturated rings. The molecule has 13 heteroatoms. The highest BCUT2D eigenvalue weighted by atomic mass is 35.5. The maximum absolute atomic E-state index is 14.2.